The maximum absolute atomic E-state index is 7.29. The van der Waals surface area contributed by atoms with Gasteiger partial charge in [-0.3, -0.25) is 0 Å². The molecule has 0 fully saturated rings. The molecular formula is CFeNRu. The molecule has 1 nitrogen and oxygen atoms in total. The van der Waals surface area contributed by atoms with E-state index in [1.807, 2.05) is 18.3 Å². The van der Waals surface area contributed by atoms with Gasteiger partial charge in [0.15, 0.2) is 0 Å². The van der Waals surface area contributed by atoms with E-state index in [4.69, 9.17) is 5.26 Å². The molecule has 0 aliphatic carbocycles. The van der Waals surface area contributed by atoms with Gasteiger partial charge < -0.3 is 0 Å². The fourth-order valence-corrected chi connectivity index (χ4v) is 0. The first-order valence-electron chi connectivity index (χ1n) is 0.400. The van der Waals surface area contributed by atoms with Gasteiger partial charge in [0.05, 0.1) is 0 Å². The summed E-state index contributed by atoms with van der Waals surface area (Å²) in [5, 5.41) is 7.29. The molecule has 0 saturated carbocycles. The Labute approximate surface area is 45.5 Å². The SMILES string of the molecule is N#[C][Ru].[Fe]. The number of nitriles is 1. The molecule has 25 valence electrons. The molecule has 0 aromatic heterocycles. The van der Waals surface area contributed by atoms with Crippen LogP contribution in [0, 0.1) is 9.93 Å². The second kappa shape index (κ2) is 9.45. The summed E-state index contributed by atoms with van der Waals surface area (Å²) >= 11 is 1.81. The molecule has 0 atom stereocenters. The molecular weight excluding hydrogens is 183 g/mol. The summed E-state index contributed by atoms with van der Waals surface area (Å²) in [4.78, 5) is 0. The van der Waals surface area contributed by atoms with Crippen LogP contribution < -0.4 is 0 Å². The molecule has 0 N–H and O–H groups in total. The van der Waals surface area contributed by atoms with Crippen LogP contribution in [-0.2, 0) is 35.4 Å². The van der Waals surface area contributed by atoms with E-state index in [9.17, 15) is 0 Å². The molecule has 0 radical (unpaired) electrons. The minimum Gasteiger partial charge on any atom is 0 e. The zero-order valence-corrected chi connectivity index (χ0v) is 4.50. The largest absolute Gasteiger partial charge is 0 e. The van der Waals surface area contributed by atoms with Crippen LogP contribution in [0.15, 0.2) is 0 Å². The maximum atomic E-state index is 7.29. The van der Waals surface area contributed by atoms with Crippen molar-refractivity contribution in [1.29, 1.82) is 5.26 Å². The van der Waals surface area contributed by atoms with Gasteiger partial charge in [0, 0.05) is 17.1 Å². The number of rotatable bonds is 0. The summed E-state index contributed by atoms with van der Waals surface area (Å²) in [6, 6.07) is 0. The molecule has 0 unspecified atom stereocenters. The Morgan fingerprint density at radius 1 is 1.75 bits per heavy atom. The standard InChI is InChI=1S/CN.Fe.Ru/c1-2;;. The van der Waals surface area contributed by atoms with Gasteiger partial charge in [0.2, 0.25) is 0 Å². The smallest absolute Gasteiger partial charge is 0 e. The van der Waals surface area contributed by atoms with Crippen molar-refractivity contribution in [2.75, 3.05) is 0 Å². The summed E-state index contributed by atoms with van der Waals surface area (Å²) in [5.74, 6) is 0. The van der Waals surface area contributed by atoms with Crippen LogP contribution in [0.1, 0.15) is 0 Å². The van der Waals surface area contributed by atoms with Gasteiger partial charge in [0.25, 0.3) is 0 Å². The Hall–Kier alpha value is 0.633. The number of hydrogen-bond acceptors (Lipinski definition) is 1. The van der Waals surface area contributed by atoms with E-state index in [0.29, 0.717) is 0 Å². The summed E-state index contributed by atoms with van der Waals surface area (Å²) in [5.41, 5.74) is 0. The topological polar surface area (TPSA) is 23.8 Å². The van der Waals surface area contributed by atoms with Crippen LogP contribution in [0.4, 0.5) is 0 Å². The monoisotopic (exact) mass is 184 g/mol. The van der Waals surface area contributed by atoms with Gasteiger partial charge in [-0.15, -0.1) is 0 Å². The average Bonchev–Trinajstić information content (AvgIpc) is 0.918. The summed E-state index contributed by atoms with van der Waals surface area (Å²) < 4.78 is 1.68. The van der Waals surface area contributed by atoms with Crippen LogP contribution >= 0.6 is 0 Å². The molecule has 0 aliphatic heterocycles. The molecule has 3 heteroatoms. The molecule has 0 rings (SSSR count). The Balaban J connectivity index is 0. The van der Waals surface area contributed by atoms with Crippen molar-refractivity contribution in [2.24, 2.45) is 0 Å². The van der Waals surface area contributed by atoms with Crippen molar-refractivity contribution in [3.63, 3.8) is 0 Å². The van der Waals surface area contributed by atoms with Crippen molar-refractivity contribution < 1.29 is 35.4 Å². The Morgan fingerprint density at radius 2 is 1.75 bits per heavy atom. The van der Waals surface area contributed by atoms with Crippen molar-refractivity contribution in [2.45, 2.75) is 0 Å². The maximum Gasteiger partial charge on any atom is 0 e. The van der Waals surface area contributed by atoms with Crippen molar-refractivity contribution in [3.05, 3.63) is 0 Å². The van der Waals surface area contributed by atoms with E-state index in [2.05, 4.69) is 0 Å². The third-order valence-electron chi connectivity index (χ3n) is 0. The average molecular weight is 183 g/mol. The van der Waals surface area contributed by atoms with Gasteiger partial charge in [0.1, 0.15) is 0 Å². The summed E-state index contributed by atoms with van der Waals surface area (Å²) in [6.45, 7) is 0. The van der Waals surface area contributed by atoms with Gasteiger partial charge in [-0.1, -0.05) is 0 Å². The predicted molar refractivity (Wildman–Crippen MR) is 5.61 cm³/mol. The van der Waals surface area contributed by atoms with E-state index in [-0.39, 0.29) is 17.1 Å². The van der Waals surface area contributed by atoms with Gasteiger partial charge in [-0.25, -0.2) is 0 Å². The third-order valence-corrected chi connectivity index (χ3v) is 0. The summed E-state index contributed by atoms with van der Waals surface area (Å²) in [6.07, 6.45) is 0. The van der Waals surface area contributed by atoms with Gasteiger partial charge in [-0.2, -0.15) is 0 Å². The molecule has 0 aromatic carbocycles. The van der Waals surface area contributed by atoms with E-state index >= 15 is 0 Å². The van der Waals surface area contributed by atoms with Crippen molar-refractivity contribution >= 4 is 0 Å². The van der Waals surface area contributed by atoms with E-state index in [1.54, 1.807) is 4.66 Å². The zero-order valence-electron chi connectivity index (χ0n) is 1.65. The van der Waals surface area contributed by atoms with Gasteiger partial charge >= 0.3 is 28.2 Å². The fraction of sp³-hybridized carbons (Fsp3) is 0. The second-order valence-electron chi connectivity index (χ2n) is 0.0791. The number of hydrogen-bond donors (Lipinski definition) is 0. The predicted octanol–water partition coefficient (Wildman–Crippen LogP) is 0.0118. The van der Waals surface area contributed by atoms with Crippen LogP contribution in [0.3, 0.4) is 0 Å². The normalized spacial score (nSPS) is 2.00. The Bertz CT molecular complexity index is 29.5. The van der Waals surface area contributed by atoms with Crippen LogP contribution in [0.5, 0.6) is 0 Å². The number of nitrogens with zero attached hydrogens (tertiary/aromatic N) is 1. The Morgan fingerprint density at radius 3 is 1.75 bits per heavy atom. The van der Waals surface area contributed by atoms with E-state index in [0.717, 1.165) is 0 Å². The first-order valence-corrected chi connectivity index (χ1v) is 1.27. The molecule has 0 heterocycles. The third kappa shape index (κ3) is 17.5. The molecule has 0 bridgehead atoms. The zero-order chi connectivity index (χ0) is 2.71. The molecule has 0 saturated heterocycles. The molecule has 0 spiro atoms. The summed E-state index contributed by atoms with van der Waals surface area (Å²) in [7, 11) is 0. The van der Waals surface area contributed by atoms with Crippen LogP contribution in [0.2, 0.25) is 0 Å². The van der Waals surface area contributed by atoms with E-state index < -0.39 is 0 Å². The fourth-order valence-electron chi connectivity index (χ4n) is 0. The Kier molecular flexibility index (Phi) is 20.8. The minimum absolute atomic E-state index is 0. The van der Waals surface area contributed by atoms with E-state index in [1.165, 1.54) is 0 Å². The van der Waals surface area contributed by atoms with Crippen LogP contribution in [-0.4, -0.2) is 0 Å². The first kappa shape index (κ1) is 8.82. The molecule has 4 heavy (non-hydrogen) atoms. The van der Waals surface area contributed by atoms with Crippen LogP contribution in [0.25, 0.3) is 0 Å². The minimum atomic E-state index is 0. The second-order valence-corrected chi connectivity index (χ2v) is 0.468. The quantitative estimate of drug-likeness (QED) is 0.485. The molecule has 0 amide bonds. The van der Waals surface area contributed by atoms with Gasteiger partial charge in [-0.05, 0) is 0 Å². The molecule has 0 aliphatic rings. The molecule has 0 aromatic rings. The van der Waals surface area contributed by atoms with Crippen molar-refractivity contribution in [1.82, 2.24) is 0 Å². The first-order chi connectivity index (χ1) is 1.41. The van der Waals surface area contributed by atoms with Crippen molar-refractivity contribution in [3.8, 4) is 4.66 Å².